The zero-order valence-corrected chi connectivity index (χ0v) is 12.7. The quantitative estimate of drug-likeness (QED) is 0.751. The molecule has 0 bridgehead atoms. The van der Waals surface area contributed by atoms with E-state index in [1.807, 2.05) is 36.4 Å². The molecule has 1 fully saturated rings. The van der Waals surface area contributed by atoms with Crippen molar-refractivity contribution < 1.29 is 9.00 Å². The molecule has 1 aromatic heterocycles. The number of hydrogen-bond acceptors (Lipinski definition) is 3. The fourth-order valence-electron chi connectivity index (χ4n) is 2.13. The Kier molecular flexibility index (Phi) is 4.31. The van der Waals surface area contributed by atoms with Crippen molar-refractivity contribution >= 4 is 22.5 Å². The Bertz CT molecular complexity index is 761. The number of carbonyl (C=O) groups excluding carboxylic acids is 1. The Morgan fingerprint density at radius 1 is 1.05 bits per heavy atom. The van der Waals surface area contributed by atoms with Crippen LogP contribution in [0, 0.1) is 11.8 Å². The van der Waals surface area contributed by atoms with Crippen LogP contribution in [0.5, 0.6) is 0 Å². The molecule has 1 aliphatic rings. The fourth-order valence-corrected chi connectivity index (χ4v) is 3.10. The molecule has 22 heavy (non-hydrogen) atoms. The van der Waals surface area contributed by atoms with Crippen molar-refractivity contribution in [1.29, 1.82) is 0 Å². The van der Waals surface area contributed by atoms with E-state index < -0.39 is 10.8 Å². The SMILES string of the molecule is O=C1CS(=O)CCN1c1ccc(C#Cc2ccccc2)cn1. The standard InChI is InChI=1S/C17H14N2O2S/c20-17-13-22(21)11-10-19(17)16-9-8-15(12-18-16)7-6-14-4-2-1-3-5-14/h1-5,8-9,12H,10-11,13H2. The molecule has 5 heteroatoms. The average Bonchev–Trinajstić information content (AvgIpc) is 2.55. The van der Waals surface area contributed by atoms with Gasteiger partial charge in [-0.3, -0.25) is 13.9 Å². The van der Waals surface area contributed by atoms with E-state index in [0.717, 1.165) is 11.1 Å². The molecule has 2 aromatic rings. The van der Waals surface area contributed by atoms with Gasteiger partial charge in [-0.15, -0.1) is 0 Å². The third-order valence-electron chi connectivity index (χ3n) is 3.28. The summed E-state index contributed by atoms with van der Waals surface area (Å²) in [6.45, 7) is 0.452. The first-order valence-electron chi connectivity index (χ1n) is 6.91. The van der Waals surface area contributed by atoms with Crippen molar-refractivity contribution in [2.75, 3.05) is 23.0 Å². The zero-order chi connectivity index (χ0) is 15.4. The molecule has 3 rings (SSSR count). The lowest BCUT2D eigenvalue weighted by molar-refractivity contribution is -0.116. The molecule has 0 radical (unpaired) electrons. The molecule has 1 amide bonds. The average molecular weight is 310 g/mol. The second-order valence-corrected chi connectivity index (χ2v) is 6.43. The van der Waals surface area contributed by atoms with Crippen LogP contribution in [0.1, 0.15) is 11.1 Å². The van der Waals surface area contributed by atoms with Gasteiger partial charge in [-0.1, -0.05) is 30.0 Å². The highest BCUT2D eigenvalue weighted by Crippen LogP contribution is 2.14. The molecule has 1 aromatic carbocycles. The van der Waals surface area contributed by atoms with Crippen LogP contribution in [0.2, 0.25) is 0 Å². The van der Waals surface area contributed by atoms with Gasteiger partial charge in [0.15, 0.2) is 0 Å². The maximum Gasteiger partial charge on any atom is 0.240 e. The van der Waals surface area contributed by atoms with Crippen LogP contribution >= 0.6 is 0 Å². The summed E-state index contributed by atoms with van der Waals surface area (Å²) < 4.78 is 11.3. The van der Waals surface area contributed by atoms with E-state index in [1.165, 1.54) is 0 Å². The van der Waals surface area contributed by atoms with Gasteiger partial charge in [0, 0.05) is 40.4 Å². The lowest BCUT2D eigenvalue weighted by Gasteiger charge is -2.25. The summed E-state index contributed by atoms with van der Waals surface area (Å²) in [5.74, 6) is 7.14. The van der Waals surface area contributed by atoms with E-state index in [1.54, 1.807) is 17.2 Å². The van der Waals surface area contributed by atoms with Crippen LogP contribution in [0.15, 0.2) is 48.7 Å². The van der Waals surface area contributed by atoms with Crippen LogP contribution in [-0.4, -0.2) is 33.2 Å². The molecule has 0 N–H and O–H groups in total. The van der Waals surface area contributed by atoms with Crippen LogP contribution < -0.4 is 4.90 Å². The van der Waals surface area contributed by atoms with E-state index in [4.69, 9.17) is 0 Å². The largest absolute Gasteiger partial charge is 0.295 e. The minimum Gasteiger partial charge on any atom is -0.295 e. The van der Waals surface area contributed by atoms with Crippen LogP contribution in [0.4, 0.5) is 5.82 Å². The van der Waals surface area contributed by atoms with Crippen molar-refractivity contribution in [2.24, 2.45) is 0 Å². The molecule has 0 saturated carbocycles. The van der Waals surface area contributed by atoms with Gasteiger partial charge < -0.3 is 0 Å². The van der Waals surface area contributed by atoms with Crippen molar-refractivity contribution in [3.05, 3.63) is 59.8 Å². The number of anilines is 1. The minimum absolute atomic E-state index is 0.0806. The van der Waals surface area contributed by atoms with Gasteiger partial charge >= 0.3 is 0 Å². The number of rotatable bonds is 1. The monoisotopic (exact) mass is 310 g/mol. The Balaban J connectivity index is 1.75. The second kappa shape index (κ2) is 6.54. The summed E-state index contributed by atoms with van der Waals surface area (Å²) in [7, 11) is -1.03. The number of nitrogens with zero attached hydrogens (tertiary/aromatic N) is 2. The number of benzene rings is 1. The van der Waals surface area contributed by atoms with Crippen LogP contribution in [-0.2, 0) is 15.6 Å². The highest BCUT2D eigenvalue weighted by molar-refractivity contribution is 7.85. The fraction of sp³-hybridized carbons (Fsp3) is 0.176. The third-order valence-corrected chi connectivity index (χ3v) is 4.48. The molecule has 110 valence electrons. The number of carbonyl (C=O) groups is 1. The van der Waals surface area contributed by atoms with E-state index in [0.29, 0.717) is 18.1 Å². The molecule has 4 nitrogen and oxygen atoms in total. The van der Waals surface area contributed by atoms with Crippen molar-refractivity contribution in [2.45, 2.75) is 0 Å². The van der Waals surface area contributed by atoms with Gasteiger partial charge in [0.1, 0.15) is 11.6 Å². The zero-order valence-electron chi connectivity index (χ0n) is 11.9. The molecular weight excluding hydrogens is 296 g/mol. The summed E-state index contributed by atoms with van der Waals surface area (Å²) in [4.78, 5) is 17.7. The minimum atomic E-state index is -1.03. The Labute approximate surface area is 131 Å². The van der Waals surface area contributed by atoms with Crippen LogP contribution in [0.3, 0.4) is 0 Å². The molecular formula is C17H14N2O2S. The number of pyridine rings is 1. The van der Waals surface area contributed by atoms with Gasteiger partial charge in [-0.25, -0.2) is 4.98 Å². The predicted molar refractivity (Wildman–Crippen MR) is 86.9 cm³/mol. The Hall–Kier alpha value is -2.45. The van der Waals surface area contributed by atoms with Crippen molar-refractivity contribution in [1.82, 2.24) is 4.98 Å². The number of aromatic nitrogens is 1. The summed E-state index contributed by atoms with van der Waals surface area (Å²) in [5, 5.41) is 0. The first-order chi connectivity index (χ1) is 10.7. The first kappa shape index (κ1) is 14.5. The third kappa shape index (κ3) is 3.41. The van der Waals surface area contributed by atoms with Gasteiger partial charge in [0.25, 0.3) is 0 Å². The Morgan fingerprint density at radius 3 is 2.50 bits per heavy atom. The highest BCUT2D eigenvalue weighted by Gasteiger charge is 2.24. The van der Waals surface area contributed by atoms with Crippen molar-refractivity contribution in [3.63, 3.8) is 0 Å². The second-order valence-electron chi connectivity index (χ2n) is 4.85. The van der Waals surface area contributed by atoms with E-state index >= 15 is 0 Å². The highest BCUT2D eigenvalue weighted by atomic mass is 32.2. The summed E-state index contributed by atoms with van der Waals surface area (Å²) in [6.07, 6.45) is 1.66. The summed E-state index contributed by atoms with van der Waals surface area (Å²) in [6, 6.07) is 13.3. The molecule has 2 heterocycles. The van der Waals surface area contributed by atoms with Gasteiger partial charge in [0.05, 0.1) is 0 Å². The van der Waals surface area contributed by atoms with E-state index in [-0.39, 0.29) is 11.7 Å². The van der Waals surface area contributed by atoms with Gasteiger partial charge in [-0.2, -0.15) is 0 Å². The lowest BCUT2D eigenvalue weighted by atomic mass is 10.2. The smallest absolute Gasteiger partial charge is 0.240 e. The molecule has 1 atom stereocenters. The molecule has 1 aliphatic heterocycles. The summed E-state index contributed by atoms with van der Waals surface area (Å²) in [5.41, 5.74) is 1.74. The Morgan fingerprint density at radius 2 is 1.82 bits per heavy atom. The van der Waals surface area contributed by atoms with E-state index in [9.17, 15) is 9.00 Å². The maximum absolute atomic E-state index is 11.9. The molecule has 1 unspecified atom stereocenters. The number of amides is 1. The van der Waals surface area contributed by atoms with Crippen LogP contribution in [0.25, 0.3) is 0 Å². The van der Waals surface area contributed by atoms with Gasteiger partial charge in [-0.05, 0) is 24.3 Å². The first-order valence-corrected chi connectivity index (χ1v) is 8.40. The van der Waals surface area contributed by atoms with Gasteiger partial charge in [0.2, 0.25) is 5.91 Å². The van der Waals surface area contributed by atoms with E-state index in [2.05, 4.69) is 16.8 Å². The molecule has 0 spiro atoms. The molecule has 1 saturated heterocycles. The maximum atomic E-state index is 11.9. The summed E-state index contributed by atoms with van der Waals surface area (Å²) >= 11 is 0. The normalized spacial score (nSPS) is 17.7. The topological polar surface area (TPSA) is 50.3 Å². The predicted octanol–water partition coefficient (Wildman–Crippen LogP) is 1.58. The number of hydrogen-bond donors (Lipinski definition) is 0. The lowest BCUT2D eigenvalue weighted by Crippen LogP contribution is -2.43. The van der Waals surface area contributed by atoms with Crippen molar-refractivity contribution in [3.8, 4) is 11.8 Å². The molecule has 0 aliphatic carbocycles.